The number of nitrogens with zero attached hydrogens (tertiary/aromatic N) is 2. The van der Waals surface area contributed by atoms with Gasteiger partial charge < -0.3 is 4.90 Å². The van der Waals surface area contributed by atoms with E-state index < -0.39 is 0 Å². The molecule has 0 bridgehead atoms. The number of fused-ring (bicyclic) bond motifs is 1. The first-order chi connectivity index (χ1) is 10.0. The molecular formula is C18H16N2O. The molecular weight excluding hydrogens is 260 g/mol. The Hall–Kier alpha value is -2.60. The van der Waals surface area contributed by atoms with E-state index in [4.69, 9.17) is 5.26 Å². The van der Waals surface area contributed by atoms with Crippen LogP contribution >= 0.6 is 0 Å². The third-order valence-corrected chi connectivity index (χ3v) is 3.98. The highest BCUT2D eigenvalue weighted by Gasteiger charge is 2.37. The van der Waals surface area contributed by atoms with Gasteiger partial charge in [-0.15, -0.1) is 0 Å². The molecule has 0 saturated carbocycles. The minimum Gasteiger partial charge on any atom is -0.307 e. The number of benzene rings is 2. The Morgan fingerprint density at radius 2 is 1.81 bits per heavy atom. The van der Waals surface area contributed by atoms with E-state index in [1.807, 2.05) is 23.1 Å². The van der Waals surface area contributed by atoms with E-state index in [0.29, 0.717) is 17.7 Å². The van der Waals surface area contributed by atoms with Gasteiger partial charge in [0.2, 0.25) is 0 Å². The van der Waals surface area contributed by atoms with E-state index in [1.54, 1.807) is 24.3 Å². The minimum atomic E-state index is -0.0428. The second-order valence-corrected chi connectivity index (χ2v) is 5.98. The van der Waals surface area contributed by atoms with Crippen LogP contribution in [0, 0.1) is 11.3 Å². The van der Waals surface area contributed by atoms with Crippen molar-refractivity contribution in [2.45, 2.75) is 19.3 Å². The lowest BCUT2D eigenvalue weighted by atomic mass is 9.87. The van der Waals surface area contributed by atoms with Crippen LogP contribution < -0.4 is 4.90 Å². The molecule has 0 fully saturated rings. The zero-order valence-corrected chi connectivity index (χ0v) is 12.1. The largest absolute Gasteiger partial charge is 0.307 e. The maximum absolute atomic E-state index is 12.7. The van der Waals surface area contributed by atoms with Gasteiger partial charge in [0.05, 0.1) is 11.6 Å². The average molecular weight is 276 g/mol. The minimum absolute atomic E-state index is 0.0162. The summed E-state index contributed by atoms with van der Waals surface area (Å²) in [5, 5.41) is 8.83. The summed E-state index contributed by atoms with van der Waals surface area (Å²) in [6.07, 6.45) is 0. The molecule has 3 heteroatoms. The van der Waals surface area contributed by atoms with Gasteiger partial charge in [-0.1, -0.05) is 32.0 Å². The molecule has 0 radical (unpaired) electrons. The summed E-state index contributed by atoms with van der Waals surface area (Å²) in [5.74, 6) is -0.0162. The lowest BCUT2D eigenvalue weighted by Crippen LogP contribution is -2.33. The first kappa shape index (κ1) is 13.4. The summed E-state index contributed by atoms with van der Waals surface area (Å²) in [5.41, 5.74) is 3.32. The normalized spacial score (nSPS) is 15.4. The molecule has 0 N–H and O–H groups in total. The van der Waals surface area contributed by atoms with Crippen molar-refractivity contribution in [3.05, 3.63) is 65.2 Å². The van der Waals surface area contributed by atoms with Crippen LogP contribution in [0.15, 0.2) is 48.5 Å². The van der Waals surface area contributed by atoms with Crippen LogP contribution in [0.25, 0.3) is 0 Å². The second-order valence-electron chi connectivity index (χ2n) is 5.98. The van der Waals surface area contributed by atoms with E-state index in [1.165, 1.54) is 5.56 Å². The maximum atomic E-state index is 12.7. The Morgan fingerprint density at radius 1 is 1.14 bits per heavy atom. The van der Waals surface area contributed by atoms with Gasteiger partial charge >= 0.3 is 0 Å². The number of nitriles is 1. The zero-order chi connectivity index (χ0) is 15.0. The van der Waals surface area contributed by atoms with Crippen molar-refractivity contribution < 1.29 is 4.79 Å². The number of carbonyl (C=O) groups excluding carboxylic acids is 1. The van der Waals surface area contributed by atoms with E-state index in [0.717, 1.165) is 5.69 Å². The number of hydrogen-bond acceptors (Lipinski definition) is 2. The molecule has 0 unspecified atom stereocenters. The number of carbonyl (C=O) groups is 1. The number of hydrogen-bond donors (Lipinski definition) is 0. The molecule has 104 valence electrons. The molecule has 0 atom stereocenters. The Labute approximate surface area is 124 Å². The fourth-order valence-corrected chi connectivity index (χ4v) is 2.87. The monoisotopic (exact) mass is 276 g/mol. The second kappa shape index (κ2) is 4.75. The van der Waals surface area contributed by atoms with Crippen molar-refractivity contribution in [1.82, 2.24) is 0 Å². The standard InChI is InChI=1S/C18H16N2O/c1-18(2)12-20(16-6-4-3-5-15(16)18)17(21)14-9-7-13(11-19)8-10-14/h3-10H,12H2,1-2H3. The molecule has 3 nitrogen and oxygen atoms in total. The summed E-state index contributed by atoms with van der Waals surface area (Å²) in [6, 6.07) is 16.9. The molecule has 0 aliphatic carbocycles. The van der Waals surface area contributed by atoms with Crippen LogP contribution in [0.4, 0.5) is 5.69 Å². The van der Waals surface area contributed by atoms with Gasteiger partial charge in [-0.25, -0.2) is 0 Å². The van der Waals surface area contributed by atoms with Crippen LogP contribution in [0.5, 0.6) is 0 Å². The third kappa shape index (κ3) is 2.19. The predicted octanol–water partition coefficient (Wildman–Crippen LogP) is 3.50. The van der Waals surface area contributed by atoms with Crippen LogP contribution in [-0.4, -0.2) is 12.5 Å². The van der Waals surface area contributed by atoms with Gasteiger partial charge in [0.1, 0.15) is 0 Å². The van der Waals surface area contributed by atoms with Crippen LogP contribution in [0.1, 0.15) is 35.3 Å². The van der Waals surface area contributed by atoms with E-state index in [-0.39, 0.29) is 11.3 Å². The molecule has 1 heterocycles. The molecule has 0 spiro atoms. The van der Waals surface area contributed by atoms with E-state index in [9.17, 15) is 4.79 Å². The third-order valence-electron chi connectivity index (χ3n) is 3.98. The van der Waals surface area contributed by atoms with Crippen molar-refractivity contribution in [2.24, 2.45) is 0 Å². The van der Waals surface area contributed by atoms with Crippen molar-refractivity contribution >= 4 is 11.6 Å². The predicted molar refractivity (Wildman–Crippen MR) is 82.3 cm³/mol. The lowest BCUT2D eigenvalue weighted by molar-refractivity contribution is 0.0986. The summed E-state index contributed by atoms with van der Waals surface area (Å²) in [6.45, 7) is 4.97. The Bertz CT molecular complexity index is 739. The van der Waals surface area contributed by atoms with Gasteiger partial charge in [-0.2, -0.15) is 5.26 Å². The summed E-state index contributed by atoms with van der Waals surface area (Å²) in [7, 11) is 0. The Kier molecular flexibility index (Phi) is 3.03. The van der Waals surface area contributed by atoms with Crippen LogP contribution in [0.3, 0.4) is 0 Å². The number of para-hydroxylation sites is 1. The highest BCUT2D eigenvalue weighted by atomic mass is 16.2. The van der Waals surface area contributed by atoms with Crippen LogP contribution in [-0.2, 0) is 5.41 Å². The molecule has 1 aliphatic rings. The zero-order valence-electron chi connectivity index (χ0n) is 12.1. The van der Waals surface area contributed by atoms with Gasteiger partial charge in [0.25, 0.3) is 5.91 Å². The van der Waals surface area contributed by atoms with Crippen molar-refractivity contribution in [3.8, 4) is 6.07 Å². The highest BCUT2D eigenvalue weighted by Crippen LogP contribution is 2.40. The molecule has 1 amide bonds. The van der Waals surface area contributed by atoms with Crippen molar-refractivity contribution in [1.29, 1.82) is 5.26 Å². The maximum Gasteiger partial charge on any atom is 0.258 e. The Balaban J connectivity index is 1.98. The fourth-order valence-electron chi connectivity index (χ4n) is 2.87. The topological polar surface area (TPSA) is 44.1 Å². The molecule has 0 saturated heterocycles. The van der Waals surface area contributed by atoms with Gasteiger partial charge in [-0.05, 0) is 35.9 Å². The molecule has 21 heavy (non-hydrogen) atoms. The molecule has 1 aliphatic heterocycles. The summed E-state index contributed by atoms with van der Waals surface area (Å²) < 4.78 is 0. The van der Waals surface area contributed by atoms with E-state index >= 15 is 0 Å². The molecule has 3 rings (SSSR count). The average Bonchev–Trinajstić information content (AvgIpc) is 2.79. The number of amides is 1. The van der Waals surface area contributed by atoms with Gasteiger partial charge in [0, 0.05) is 23.2 Å². The first-order valence-electron chi connectivity index (χ1n) is 6.94. The molecule has 0 aromatic heterocycles. The van der Waals surface area contributed by atoms with Crippen LogP contribution in [0.2, 0.25) is 0 Å². The quantitative estimate of drug-likeness (QED) is 0.800. The van der Waals surface area contributed by atoms with Gasteiger partial charge in [0.15, 0.2) is 0 Å². The summed E-state index contributed by atoms with van der Waals surface area (Å²) in [4.78, 5) is 14.6. The van der Waals surface area contributed by atoms with Crippen molar-refractivity contribution in [3.63, 3.8) is 0 Å². The molecule has 2 aromatic carbocycles. The fraction of sp³-hybridized carbons (Fsp3) is 0.222. The lowest BCUT2D eigenvalue weighted by Gasteiger charge is -2.21. The summed E-state index contributed by atoms with van der Waals surface area (Å²) >= 11 is 0. The highest BCUT2D eigenvalue weighted by molar-refractivity contribution is 6.07. The first-order valence-corrected chi connectivity index (χ1v) is 6.94. The van der Waals surface area contributed by atoms with Crippen molar-refractivity contribution in [2.75, 3.05) is 11.4 Å². The number of anilines is 1. The smallest absolute Gasteiger partial charge is 0.258 e. The van der Waals surface area contributed by atoms with E-state index in [2.05, 4.69) is 26.0 Å². The SMILES string of the molecule is CC1(C)CN(C(=O)c2ccc(C#N)cc2)c2ccccc21. The Morgan fingerprint density at radius 3 is 2.48 bits per heavy atom. The molecule has 2 aromatic rings. The van der Waals surface area contributed by atoms with Gasteiger partial charge in [-0.3, -0.25) is 4.79 Å². The number of rotatable bonds is 1.